The van der Waals surface area contributed by atoms with E-state index in [4.69, 9.17) is 9.84 Å². The lowest BCUT2D eigenvalue weighted by Gasteiger charge is -2.18. The number of unbranched alkanes of at least 4 members (excludes halogenated alkanes) is 21. The van der Waals surface area contributed by atoms with Crippen molar-refractivity contribution in [2.75, 3.05) is 0 Å². The molecule has 40 heavy (non-hydrogen) atoms. The first-order chi connectivity index (χ1) is 19.6. The molecular weight excluding hydrogens is 496 g/mol. The van der Waals surface area contributed by atoms with Gasteiger partial charge in [0.15, 0.2) is 0 Å². The number of rotatable bonds is 32. The molecule has 0 saturated carbocycles. The molecule has 0 aliphatic heterocycles. The van der Waals surface area contributed by atoms with E-state index >= 15 is 0 Å². The third-order valence-corrected chi connectivity index (χ3v) is 7.99. The Kier molecular flexibility index (Phi) is 31.1. The highest BCUT2D eigenvalue weighted by molar-refractivity contribution is 5.69. The first-order valence-electron chi connectivity index (χ1n) is 17.7. The average Bonchev–Trinajstić information content (AvgIpc) is 2.93. The molecule has 0 spiro atoms. The van der Waals surface area contributed by atoms with E-state index in [0.29, 0.717) is 12.8 Å². The second-order valence-electron chi connectivity index (χ2n) is 12.1. The Balaban J connectivity index is 3.97. The van der Waals surface area contributed by atoms with Gasteiger partial charge in [0.1, 0.15) is 6.10 Å². The maximum atomic E-state index is 12.6. The Bertz CT molecular complexity index is 571. The van der Waals surface area contributed by atoms with E-state index in [1.54, 1.807) is 0 Å². The quantitative estimate of drug-likeness (QED) is 0.0501. The van der Waals surface area contributed by atoms with Crippen molar-refractivity contribution in [3.63, 3.8) is 0 Å². The maximum absolute atomic E-state index is 12.6. The van der Waals surface area contributed by atoms with Gasteiger partial charge in [0.2, 0.25) is 0 Å². The monoisotopic (exact) mass is 565 g/mol. The van der Waals surface area contributed by atoms with Crippen molar-refractivity contribution in [2.24, 2.45) is 0 Å². The Morgan fingerprint density at radius 1 is 0.525 bits per heavy atom. The fourth-order valence-electron chi connectivity index (χ4n) is 5.35. The molecule has 0 amide bonds. The number of carboxylic acid groups (broad SMARTS) is 1. The van der Waals surface area contributed by atoms with Crippen molar-refractivity contribution >= 4 is 11.9 Å². The number of esters is 1. The van der Waals surface area contributed by atoms with Gasteiger partial charge in [-0.25, -0.2) is 0 Å². The molecule has 0 aliphatic carbocycles. The molecule has 236 valence electrons. The standard InChI is InChI=1S/C36H68O4/c1-3-5-7-9-11-12-13-14-15-16-21-25-29-33-36(39)40-34(30-26-22-10-8-6-4-2)31-27-23-19-17-18-20-24-28-32-35(37)38/h12-13,34H,3-11,14-33H2,1-2H3,(H,37,38)/b13-12-. The topological polar surface area (TPSA) is 63.6 Å². The normalized spacial score (nSPS) is 12.2. The van der Waals surface area contributed by atoms with Gasteiger partial charge >= 0.3 is 11.9 Å². The van der Waals surface area contributed by atoms with Gasteiger partial charge < -0.3 is 9.84 Å². The van der Waals surface area contributed by atoms with Gasteiger partial charge in [-0.2, -0.15) is 0 Å². The fraction of sp³-hybridized carbons (Fsp3) is 0.889. The minimum absolute atomic E-state index is 0.0170. The number of aliphatic carboxylic acids is 1. The lowest BCUT2D eigenvalue weighted by molar-refractivity contribution is -0.150. The van der Waals surface area contributed by atoms with Crippen LogP contribution in [0.25, 0.3) is 0 Å². The summed E-state index contributed by atoms with van der Waals surface area (Å²) >= 11 is 0. The Morgan fingerprint density at radius 2 is 0.900 bits per heavy atom. The minimum atomic E-state index is -0.682. The molecule has 1 N–H and O–H groups in total. The Morgan fingerprint density at radius 3 is 1.38 bits per heavy atom. The smallest absolute Gasteiger partial charge is 0.306 e. The summed E-state index contributed by atoms with van der Waals surface area (Å²) in [6.07, 6.45) is 38.0. The molecule has 0 aromatic carbocycles. The predicted molar refractivity (Wildman–Crippen MR) is 172 cm³/mol. The van der Waals surface area contributed by atoms with Crippen LogP contribution in [0.4, 0.5) is 0 Å². The zero-order chi connectivity index (χ0) is 29.4. The van der Waals surface area contributed by atoms with Crippen LogP contribution in [-0.4, -0.2) is 23.1 Å². The molecule has 0 rings (SSSR count). The number of hydrogen-bond acceptors (Lipinski definition) is 3. The highest BCUT2D eigenvalue weighted by Crippen LogP contribution is 2.19. The summed E-state index contributed by atoms with van der Waals surface area (Å²) in [5.74, 6) is -0.665. The van der Waals surface area contributed by atoms with Gasteiger partial charge in [0.05, 0.1) is 0 Å². The van der Waals surface area contributed by atoms with Crippen molar-refractivity contribution in [3.05, 3.63) is 12.2 Å². The van der Waals surface area contributed by atoms with Crippen molar-refractivity contribution in [1.29, 1.82) is 0 Å². The first-order valence-corrected chi connectivity index (χ1v) is 17.7. The Hall–Kier alpha value is -1.32. The van der Waals surface area contributed by atoms with Gasteiger partial charge in [-0.3, -0.25) is 9.59 Å². The molecule has 0 fully saturated rings. The summed E-state index contributed by atoms with van der Waals surface area (Å²) in [6, 6.07) is 0. The molecule has 0 aromatic heterocycles. The van der Waals surface area contributed by atoms with Crippen LogP contribution >= 0.6 is 0 Å². The molecule has 0 aliphatic rings. The summed E-state index contributed by atoms with van der Waals surface area (Å²) in [4.78, 5) is 23.1. The van der Waals surface area contributed by atoms with E-state index in [9.17, 15) is 9.59 Å². The third-order valence-electron chi connectivity index (χ3n) is 7.99. The van der Waals surface area contributed by atoms with Gasteiger partial charge in [-0.15, -0.1) is 0 Å². The molecule has 0 radical (unpaired) electrons. The van der Waals surface area contributed by atoms with E-state index in [1.165, 1.54) is 122 Å². The van der Waals surface area contributed by atoms with Crippen LogP contribution in [0.15, 0.2) is 12.2 Å². The molecule has 4 heteroatoms. The minimum Gasteiger partial charge on any atom is -0.481 e. The second kappa shape index (κ2) is 32.2. The fourth-order valence-corrected chi connectivity index (χ4v) is 5.35. The van der Waals surface area contributed by atoms with Crippen LogP contribution in [0.1, 0.15) is 200 Å². The van der Waals surface area contributed by atoms with Crippen LogP contribution < -0.4 is 0 Å². The summed E-state index contributed by atoms with van der Waals surface area (Å²) in [7, 11) is 0. The first kappa shape index (κ1) is 38.7. The van der Waals surface area contributed by atoms with Crippen molar-refractivity contribution in [3.8, 4) is 0 Å². The summed E-state index contributed by atoms with van der Waals surface area (Å²) < 4.78 is 5.98. The number of allylic oxidation sites excluding steroid dienone is 2. The highest BCUT2D eigenvalue weighted by Gasteiger charge is 2.14. The number of ether oxygens (including phenoxy) is 1. The molecular formula is C36H68O4. The molecule has 1 unspecified atom stereocenters. The average molecular weight is 565 g/mol. The van der Waals surface area contributed by atoms with Crippen LogP contribution in [0.5, 0.6) is 0 Å². The Labute approximate surface area is 249 Å². The van der Waals surface area contributed by atoms with Crippen LogP contribution in [0, 0.1) is 0 Å². The highest BCUT2D eigenvalue weighted by atomic mass is 16.5. The maximum Gasteiger partial charge on any atom is 0.306 e. The summed E-state index contributed by atoms with van der Waals surface area (Å²) in [6.45, 7) is 4.51. The zero-order valence-corrected chi connectivity index (χ0v) is 26.9. The predicted octanol–water partition coefficient (Wildman–Crippen LogP) is 11.9. The van der Waals surface area contributed by atoms with E-state index in [1.807, 2.05) is 0 Å². The number of carbonyl (C=O) groups is 2. The van der Waals surface area contributed by atoms with E-state index in [0.717, 1.165) is 51.4 Å². The summed E-state index contributed by atoms with van der Waals surface area (Å²) in [5.41, 5.74) is 0. The van der Waals surface area contributed by atoms with E-state index in [2.05, 4.69) is 26.0 Å². The van der Waals surface area contributed by atoms with Crippen LogP contribution in [-0.2, 0) is 14.3 Å². The molecule has 0 saturated heterocycles. The number of carbonyl (C=O) groups excluding carboxylic acids is 1. The van der Waals surface area contributed by atoms with Gasteiger partial charge in [-0.1, -0.05) is 135 Å². The van der Waals surface area contributed by atoms with Crippen LogP contribution in [0.3, 0.4) is 0 Å². The summed E-state index contributed by atoms with van der Waals surface area (Å²) in [5, 5.41) is 8.71. The molecule has 1 atom stereocenters. The van der Waals surface area contributed by atoms with Crippen molar-refractivity contribution in [1.82, 2.24) is 0 Å². The van der Waals surface area contributed by atoms with E-state index < -0.39 is 5.97 Å². The molecule has 0 bridgehead atoms. The van der Waals surface area contributed by atoms with E-state index in [-0.39, 0.29) is 12.1 Å². The lowest BCUT2D eigenvalue weighted by atomic mass is 10.0. The third kappa shape index (κ3) is 31.2. The SMILES string of the molecule is CCCCCC/C=C\CCCCCCCC(=O)OC(CCCCCCCC)CCCCCCCCCCC(=O)O. The zero-order valence-electron chi connectivity index (χ0n) is 26.9. The van der Waals surface area contributed by atoms with Crippen molar-refractivity contribution in [2.45, 2.75) is 206 Å². The van der Waals surface area contributed by atoms with Gasteiger partial charge in [-0.05, 0) is 64.2 Å². The number of carboxylic acids is 1. The number of hydrogen-bond donors (Lipinski definition) is 1. The lowest BCUT2D eigenvalue weighted by Crippen LogP contribution is -2.18. The molecule has 0 aromatic rings. The van der Waals surface area contributed by atoms with Crippen LogP contribution in [0.2, 0.25) is 0 Å². The second-order valence-corrected chi connectivity index (χ2v) is 12.1. The molecule has 4 nitrogen and oxygen atoms in total. The largest absolute Gasteiger partial charge is 0.481 e. The van der Waals surface area contributed by atoms with Crippen molar-refractivity contribution < 1.29 is 19.4 Å². The molecule has 0 heterocycles. The van der Waals surface area contributed by atoms with Gasteiger partial charge in [0, 0.05) is 12.8 Å². The van der Waals surface area contributed by atoms with Gasteiger partial charge in [0.25, 0.3) is 0 Å².